The summed E-state index contributed by atoms with van der Waals surface area (Å²) in [5.74, 6) is 0.616. The number of nitrogens with zero attached hydrogens (tertiary/aromatic N) is 1. The second-order valence-electron chi connectivity index (χ2n) is 1.67. The average Bonchev–Trinajstić information content (AvgIpc) is 1.69. The van der Waals surface area contributed by atoms with E-state index in [2.05, 4.69) is 11.7 Å². The second-order valence-corrected chi connectivity index (χ2v) is 1.67. The molecule has 0 aliphatic heterocycles. The first-order chi connectivity index (χ1) is 3.72. The fourth-order valence-electron chi connectivity index (χ4n) is 0.427. The topological polar surface area (TPSA) is 21.6 Å². The molecule has 0 unspecified atom stereocenters. The number of methoxy groups -OCH3 is 1. The minimum absolute atomic E-state index is 0.616. The van der Waals surface area contributed by atoms with E-state index >= 15 is 0 Å². The lowest BCUT2D eigenvalue weighted by atomic mass is 10.4. The van der Waals surface area contributed by atoms with Gasteiger partial charge in [-0.15, -0.1) is 0 Å². The normalized spacial score (nSPS) is 7.88. The molecule has 2 heteroatoms. The van der Waals surface area contributed by atoms with Gasteiger partial charge in [-0.05, 0) is 26.1 Å². The molecule has 46 valence electrons. The van der Waals surface area contributed by atoms with Crippen LogP contribution in [0.3, 0.4) is 0 Å². The number of ether oxygens (including phenoxy) is 1. The van der Waals surface area contributed by atoms with Crippen LogP contribution >= 0.6 is 0 Å². The van der Waals surface area contributed by atoms with Crippen molar-refractivity contribution < 1.29 is 4.74 Å². The first kappa shape index (κ1) is 7.21. The molecule has 0 radical (unpaired) electrons. The van der Waals surface area contributed by atoms with E-state index in [-0.39, 0.29) is 0 Å². The standard InChI is InChI=1S/C6H11NO/c1-5(2)6(7-3)8-4/h3H2,1-2,4H3. The Hall–Kier alpha value is -0.790. The molecule has 0 heterocycles. The first-order valence-electron chi connectivity index (χ1n) is 2.40. The Labute approximate surface area is 49.9 Å². The first-order valence-corrected chi connectivity index (χ1v) is 2.40. The zero-order valence-electron chi connectivity index (χ0n) is 5.56. The Morgan fingerprint density at radius 2 is 2.00 bits per heavy atom. The summed E-state index contributed by atoms with van der Waals surface area (Å²) >= 11 is 0. The number of allylic oxidation sites excluding steroid dienone is 1. The molecule has 0 rings (SSSR count). The van der Waals surface area contributed by atoms with Crippen LogP contribution < -0.4 is 0 Å². The largest absolute Gasteiger partial charge is 0.481 e. The van der Waals surface area contributed by atoms with E-state index in [1.807, 2.05) is 13.8 Å². The summed E-state index contributed by atoms with van der Waals surface area (Å²) < 4.78 is 4.81. The van der Waals surface area contributed by atoms with E-state index in [0.717, 1.165) is 5.57 Å². The van der Waals surface area contributed by atoms with E-state index in [4.69, 9.17) is 4.74 Å². The fraction of sp³-hybridized carbons (Fsp3) is 0.500. The van der Waals surface area contributed by atoms with Gasteiger partial charge in [-0.2, -0.15) is 0 Å². The molecule has 0 fully saturated rings. The Morgan fingerprint density at radius 3 is 2.00 bits per heavy atom. The van der Waals surface area contributed by atoms with Crippen LogP contribution in [0.1, 0.15) is 13.8 Å². The average molecular weight is 113 g/mol. The summed E-state index contributed by atoms with van der Waals surface area (Å²) in [6.07, 6.45) is 0. The molecule has 0 aliphatic rings. The smallest absolute Gasteiger partial charge is 0.210 e. The molecule has 0 aromatic heterocycles. The van der Waals surface area contributed by atoms with Gasteiger partial charge in [-0.1, -0.05) is 0 Å². The van der Waals surface area contributed by atoms with Gasteiger partial charge in [-0.3, -0.25) is 0 Å². The maximum absolute atomic E-state index is 4.81. The van der Waals surface area contributed by atoms with Crippen LogP contribution in [0.5, 0.6) is 0 Å². The molecule has 0 aromatic carbocycles. The quantitative estimate of drug-likeness (QED) is 0.393. The Morgan fingerprint density at radius 1 is 1.50 bits per heavy atom. The molecular formula is C6H11NO. The van der Waals surface area contributed by atoms with Crippen molar-refractivity contribution in [3.8, 4) is 0 Å². The number of hydrogen-bond acceptors (Lipinski definition) is 2. The van der Waals surface area contributed by atoms with Gasteiger partial charge >= 0.3 is 0 Å². The molecule has 0 saturated carbocycles. The van der Waals surface area contributed by atoms with Crippen molar-refractivity contribution in [3.63, 3.8) is 0 Å². The zero-order chi connectivity index (χ0) is 6.57. The Balaban J connectivity index is 4.07. The van der Waals surface area contributed by atoms with Crippen LogP contribution in [0, 0.1) is 0 Å². The maximum Gasteiger partial charge on any atom is 0.210 e. The highest BCUT2D eigenvalue weighted by molar-refractivity contribution is 5.28. The molecule has 0 amide bonds. The second kappa shape index (κ2) is 3.24. The lowest BCUT2D eigenvalue weighted by Gasteiger charge is -1.98. The van der Waals surface area contributed by atoms with Crippen molar-refractivity contribution in [2.24, 2.45) is 4.99 Å². The van der Waals surface area contributed by atoms with Crippen LogP contribution in [0.2, 0.25) is 0 Å². The lowest BCUT2D eigenvalue weighted by Crippen LogP contribution is -1.83. The number of hydrogen-bond donors (Lipinski definition) is 0. The Kier molecular flexibility index (Phi) is 2.92. The molecule has 0 bridgehead atoms. The third kappa shape index (κ3) is 1.78. The van der Waals surface area contributed by atoms with Crippen molar-refractivity contribution in [2.45, 2.75) is 13.8 Å². The lowest BCUT2D eigenvalue weighted by molar-refractivity contribution is 0.284. The minimum atomic E-state index is 0.616. The van der Waals surface area contributed by atoms with Crippen molar-refractivity contribution in [2.75, 3.05) is 7.11 Å². The minimum Gasteiger partial charge on any atom is -0.481 e. The number of aliphatic imine (C=N–C) groups is 1. The highest BCUT2D eigenvalue weighted by Gasteiger charge is 1.89. The summed E-state index contributed by atoms with van der Waals surface area (Å²) in [5, 5.41) is 0. The molecule has 2 nitrogen and oxygen atoms in total. The monoisotopic (exact) mass is 113 g/mol. The molecular weight excluding hydrogens is 102 g/mol. The summed E-state index contributed by atoms with van der Waals surface area (Å²) in [7, 11) is 1.58. The van der Waals surface area contributed by atoms with E-state index in [0.29, 0.717) is 5.88 Å². The maximum atomic E-state index is 4.81. The van der Waals surface area contributed by atoms with E-state index < -0.39 is 0 Å². The van der Waals surface area contributed by atoms with Gasteiger partial charge in [0.25, 0.3) is 0 Å². The van der Waals surface area contributed by atoms with Crippen LogP contribution in [-0.2, 0) is 4.74 Å². The highest BCUT2D eigenvalue weighted by atomic mass is 16.5. The van der Waals surface area contributed by atoms with E-state index in [9.17, 15) is 0 Å². The fourth-order valence-corrected chi connectivity index (χ4v) is 0.427. The third-order valence-electron chi connectivity index (χ3n) is 0.765. The summed E-state index contributed by atoms with van der Waals surface area (Å²) in [6.45, 7) is 7.17. The molecule has 0 atom stereocenters. The zero-order valence-corrected chi connectivity index (χ0v) is 5.56. The van der Waals surface area contributed by atoms with E-state index in [1.54, 1.807) is 7.11 Å². The third-order valence-corrected chi connectivity index (χ3v) is 0.765. The molecule has 0 spiro atoms. The van der Waals surface area contributed by atoms with Gasteiger partial charge < -0.3 is 4.74 Å². The predicted octanol–water partition coefficient (Wildman–Crippen LogP) is 1.58. The van der Waals surface area contributed by atoms with Gasteiger partial charge in [0.2, 0.25) is 5.88 Å². The van der Waals surface area contributed by atoms with Gasteiger partial charge in [0, 0.05) is 0 Å². The van der Waals surface area contributed by atoms with Gasteiger partial charge in [0.05, 0.1) is 7.11 Å². The van der Waals surface area contributed by atoms with Crippen LogP contribution in [0.25, 0.3) is 0 Å². The van der Waals surface area contributed by atoms with Crippen molar-refractivity contribution >= 4 is 6.72 Å². The van der Waals surface area contributed by atoms with Crippen LogP contribution in [0.4, 0.5) is 0 Å². The van der Waals surface area contributed by atoms with E-state index in [1.165, 1.54) is 0 Å². The predicted molar refractivity (Wildman–Crippen MR) is 34.9 cm³/mol. The van der Waals surface area contributed by atoms with Crippen LogP contribution in [-0.4, -0.2) is 13.8 Å². The highest BCUT2D eigenvalue weighted by Crippen LogP contribution is 2.02. The summed E-state index contributed by atoms with van der Waals surface area (Å²) in [5.41, 5.74) is 1.04. The molecule has 0 aromatic rings. The van der Waals surface area contributed by atoms with Gasteiger partial charge in [0.15, 0.2) is 0 Å². The van der Waals surface area contributed by atoms with Crippen molar-refractivity contribution in [1.29, 1.82) is 0 Å². The summed E-state index contributed by atoms with van der Waals surface area (Å²) in [6, 6.07) is 0. The molecule has 8 heavy (non-hydrogen) atoms. The molecule has 0 N–H and O–H groups in total. The summed E-state index contributed by atoms with van der Waals surface area (Å²) in [4.78, 5) is 3.61. The van der Waals surface area contributed by atoms with Crippen LogP contribution in [0.15, 0.2) is 16.4 Å². The number of rotatable bonds is 2. The van der Waals surface area contributed by atoms with Gasteiger partial charge in [-0.25, -0.2) is 4.99 Å². The van der Waals surface area contributed by atoms with Crippen molar-refractivity contribution in [1.82, 2.24) is 0 Å². The molecule has 0 aliphatic carbocycles. The van der Waals surface area contributed by atoms with Gasteiger partial charge in [0.1, 0.15) is 0 Å². The van der Waals surface area contributed by atoms with Crippen molar-refractivity contribution in [3.05, 3.63) is 11.5 Å². The SMILES string of the molecule is C=NC(OC)=C(C)C. The molecule has 0 saturated heterocycles. The Bertz CT molecular complexity index is 112.